The fourth-order valence-electron chi connectivity index (χ4n) is 5.80. The van der Waals surface area contributed by atoms with Crippen molar-refractivity contribution in [1.29, 1.82) is 0 Å². The van der Waals surface area contributed by atoms with Crippen LogP contribution in [0.15, 0.2) is 54.9 Å². The van der Waals surface area contributed by atoms with E-state index in [2.05, 4.69) is 20.3 Å². The molecule has 5 rings (SSSR count). The zero-order valence-corrected chi connectivity index (χ0v) is 22.4. The predicted molar refractivity (Wildman–Crippen MR) is 147 cm³/mol. The second kappa shape index (κ2) is 11.9. The number of ether oxygens (including phenoxy) is 1. The van der Waals surface area contributed by atoms with Gasteiger partial charge in [0.05, 0.1) is 17.9 Å². The van der Waals surface area contributed by atoms with Crippen molar-refractivity contribution in [2.75, 3.05) is 0 Å². The van der Waals surface area contributed by atoms with Gasteiger partial charge in [0, 0.05) is 30.5 Å². The molecule has 2 aromatic heterocycles. The van der Waals surface area contributed by atoms with Crippen molar-refractivity contribution in [2.45, 2.75) is 82.8 Å². The Labute approximate surface area is 229 Å². The van der Waals surface area contributed by atoms with E-state index in [4.69, 9.17) is 4.74 Å². The highest BCUT2D eigenvalue weighted by molar-refractivity contribution is 5.92. The number of nitrogens with zero attached hydrogens (tertiary/aromatic N) is 2. The highest BCUT2D eigenvalue weighted by Gasteiger charge is 2.49. The van der Waals surface area contributed by atoms with Crippen molar-refractivity contribution in [1.82, 2.24) is 20.3 Å². The Morgan fingerprint density at radius 2 is 1.87 bits per heavy atom. The summed E-state index contributed by atoms with van der Waals surface area (Å²) < 4.78 is 5.81. The van der Waals surface area contributed by atoms with Crippen LogP contribution in [-0.4, -0.2) is 32.6 Å². The summed E-state index contributed by atoms with van der Waals surface area (Å²) in [5, 5.41) is 3.27. The standard InChI is InChI=1S/C31H36N4O4/c1-2-23(36)12-7-4-8-14-25(28-33-20-26(34-28)21-10-5-3-6-11-21)35-29(37)22-15-17-31(18-16-22)24-13-9-19-32-27(24)30(38)39-31/h3,5-6,9-11,13,19-20,22,25H,2,4,7-8,12,14-18H2,1H3,(H,33,34)(H,35,37)/t22-,25-,31+/m0/s1. The van der Waals surface area contributed by atoms with Gasteiger partial charge in [-0.25, -0.2) is 14.8 Å². The summed E-state index contributed by atoms with van der Waals surface area (Å²) >= 11 is 0. The zero-order chi connectivity index (χ0) is 27.2. The van der Waals surface area contributed by atoms with Crippen molar-refractivity contribution in [3.05, 3.63) is 71.9 Å². The molecule has 3 heterocycles. The van der Waals surface area contributed by atoms with Gasteiger partial charge >= 0.3 is 5.97 Å². The average molecular weight is 529 g/mol. The molecule has 1 aliphatic carbocycles. The van der Waals surface area contributed by atoms with Crippen molar-refractivity contribution < 1.29 is 19.1 Å². The molecule has 1 amide bonds. The number of esters is 1. The van der Waals surface area contributed by atoms with Gasteiger partial charge in [0.1, 0.15) is 17.2 Å². The number of ketones is 1. The highest BCUT2D eigenvalue weighted by Crippen LogP contribution is 2.47. The van der Waals surface area contributed by atoms with Gasteiger partial charge in [-0.1, -0.05) is 56.2 Å². The lowest BCUT2D eigenvalue weighted by molar-refractivity contribution is -0.129. The summed E-state index contributed by atoms with van der Waals surface area (Å²) in [6, 6.07) is 13.5. The molecule has 1 spiro atoms. The number of unbranched alkanes of at least 4 members (excludes halogenated alkanes) is 2. The van der Waals surface area contributed by atoms with Crippen molar-refractivity contribution in [3.8, 4) is 11.3 Å². The Morgan fingerprint density at radius 3 is 2.64 bits per heavy atom. The third kappa shape index (κ3) is 5.95. The Kier molecular flexibility index (Phi) is 8.19. The third-order valence-corrected chi connectivity index (χ3v) is 8.11. The van der Waals surface area contributed by atoms with Crippen LogP contribution in [0.25, 0.3) is 11.3 Å². The summed E-state index contributed by atoms with van der Waals surface area (Å²) in [5.41, 5.74) is 2.52. The van der Waals surface area contributed by atoms with Crippen LogP contribution in [-0.2, 0) is 19.9 Å². The normalized spacial score (nSPS) is 20.8. The minimum absolute atomic E-state index is 0.00408. The molecule has 1 saturated carbocycles. The number of carbonyl (C=O) groups excluding carboxylic acids is 3. The van der Waals surface area contributed by atoms with E-state index in [9.17, 15) is 14.4 Å². The molecule has 1 aromatic carbocycles. The molecule has 0 radical (unpaired) electrons. The number of fused-ring (bicyclic) bond motifs is 2. The van der Waals surface area contributed by atoms with Crippen LogP contribution >= 0.6 is 0 Å². The number of amides is 1. The van der Waals surface area contributed by atoms with Gasteiger partial charge in [0.15, 0.2) is 5.69 Å². The molecule has 8 nitrogen and oxygen atoms in total. The number of imidazole rings is 1. The number of pyridine rings is 1. The van der Waals surface area contributed by atoms with E-state index in [1.807, 2.05) is 55.6 Å². The number of rotatable bonds is 11. The number of hydrogen-bond donors (Lipinski definition) is 2. The molecule has 0 unspecified atom stereocenters. The highest BCUT2D eigenvalue weighted by atomic mass is 16.6. The Hall–Kier alpha value is -3.81. The third-order valence-electron chi connectivity index (χ3n) is 8.11. The zero-order valence-electron chi connectivity index (χ0n) is 22.4. The monoisotopic (exact) mass is 528 g/mol. The molecule has 8 heteroatoms. The van der Waals surface area contributed by atoms with E-state index >= 15 is 0 Å². The first-order valence-electron chi connectivity index (χ1n) is 14.1. The lowest BCUT2D eigenvalue weighted by Crippen LogP contribution is -2.40. The van der Waals surface area contributed by atoms with Crippen molar-refractivity contribution in [2.24, 2.45) is 5.92 Å². The lowest BCUT2D eigenvalue weighted by Gasteiger charge is -2.36. The van der Waals surface area contributed by atoms with Gasteiger partial charge < -0.3 is 15.0 Å². The number of nitrogens with one attached hydrogen (secondary N) is 2. The number of benzene rings is 1. The van der Waals surface area contributed by atoms with Gasteiger partial charge in [-0.2, -0.15) is 0 Å². The van der Waals surface area contributed by atoms with Crippen molar-refractivity contribution in [3.63, 3.8) is 0 Å². The summed E-state index contributed by atoms with van der Waals surface area (Å²) in [6.45, 7) is 1.90. The first-order chi connectivity index (χ1) is 19.0. The molecule has 2 N–H and O–H groups in total. The molecule has 0 bridgehead atoms. The summed E-state index contributed by atoms with van der Waals surface area (Å²) in [6.07, 6.45) is 10.5. The van der Waals surface area contributed by atoms with Crippen LogP contribution < -0.4 is 5.32 Å². The van der Waals surface area contributed by atoms with Gasteiger partial charge in [-0.3, -0.25) is 9.59 Å². The van der Waals surface area contributed by atoms with E-state index in [1.165, 1.54) is 0 Å². The molecule has 3 aromatic rings. The number of aromatic nitrogens is 3. The van der Waals surface area contributed by atoms with Gasteiger partial charge in [-0.05, 0) is 50.2 Å². The Balaban J connectivity index is 1.24. The molecular formula is C31H36N4O4. The smallest absolute Gasteiger partial charge is 0.358 e. The molecule has 1 aliphatic heterocycles. The van der Waals surface area contributed by atoms with E-state index < -0.39 is 5.60 Å². The topological polar surface area (TPSA) is 114 Å². The summed E-state index contributed by atoms with van der Waals surface area (Å²) in [5.74, 6) is 0.498. The summed E-state index contributed by atoms with van der Waals surface area (Å²) in [7, 11) is 0. The second-order valence-electron chi connectivity index (χ2n) is 10.7. The largest absolute Gasteiger partial charge is 0.449 e. The first kappa shape index (κ1) is 26.8. The SMILES string of the molecule is CCC(=O)CCCCC[C@H](NC(=O)[C@H]1CC[C@]2(CC1)OC(=O)c1ncccc12)c1ncc(-c2ccccc2)[nH]1. The molecule has 39 heavy (non-hydrogen) atoms. The van der Waals surface area contributed by atoms with Crippen LogP contribution in [0.2, 0.25) is 0 Å². The molecular weight excluding hydrogens is 492 g/mol. The molecule has 1 atom stereocenters. The van der Waals surface area contributed by atoms with E-state index in [0.717, 1.165) is 48.3 Å². The fraction of sp³-hybridized carbons (Fsp3) is 0.452. The van der Waals surface area contributed by atoms with Crippen LogP contribution in [0.4, 0.5) is 0 Å². The number of aromatic amines is 1. The van der Waals surface area contributed by atoms with E-state index in [1.54, 1.807) is 6.20 Å². The van der Waals surface area contributed by atoms with Gasteiger partial charge in [0.2, 0.25) is 5.91 Å². The lowest BCUT2D eigenvalue weighted by atomic mass is 9.75. The van der Waals surface area contributed by atoms with E-state index in [-0.39, 0.29) is 23.8 Å². The average Bonchev–Trinajstić information content (AvgIpc) is 3.56. The maximum Gasteiger partial charge on any atom is 0.358 e. The van der Waals surface area contributed by atoms with Crippen LogP contribution in [0.3, 0.4) is 0 Å². The first-order valence-corrected chi connectivity index (χ1v) is 14.1. The number of H-pyrrole nitrogens is 1. The number of hydrogen-bond acceptors (Lipinski definition) is 6. The van der Waals surface area contributed by atoms with E-state index in [0.29, 0.717) is 50.0 Å². The Morgan fingerprint density at radius 1 is 1.08 bits per heavy atom. The molecule has 204 valence electrons. The van der Waals surface area contributed by atoms with Crippen LogP contribution in [0.1, 0.15) is 99.1 Å². The minimum atomic E-state index is -0.668. The van der Waals surface area contributed by atoms with Crippen molar-refractivity contribution >= 4 is 17.7 Å². The fourth-order valence-corrected chi connectivity index (χ4v) is 5.80. The number of carbonyl (C=O) groups is 3. The molecule has 1 fully saturated rings. The Bertz CT molecular complexity index is 1310. The maximum absolute atomic E-state index is 13.5. The second-order valence-corrected chi connectivity index (χ2v) is 10.7. The summed E-state index contributed by atoms with van der Waals surface area (Å²) in [4.78, 5) is 49.8. The molecule has 0 saturated heterocycles. The number of Topliss-reactive ketones (excluding diaryl/α,β-unsaturated/α-hetero) is 1. The quantitative estimate of drug-likeness (QED) is 0.240. The minimum Gasteiger partial charge on any atom is -0.449 e. The van der Waals surface area contributed by atoms with Crippen LogP contribution in [0.5, 0.6) is 0 Å². The van der Waals surface area contributed by atoms with Gasteiger partial charge in [-0.15, -0.1) is 0 Å². The maximum atomic E-state index is 13.5. The van der Waals surface area contributed by atoms with Crippen LogP contribution in [0, 0.1) is 5.92 Å². The molecule has 2 aliphatic rings. The predicted octanol–water partition coefficient (Wildman–Crippen LogP) is 5.81. The van der Waals surface area contributed by atoms with Gasteiger partial charge in [0.25, 0.3) is 0 Å².